The summed E-state index contributed by atoms with van der Waals surface area (Å²) in [5.41, 5.74) is -0.193. The van der Waals surface area contributed by atoms with Gasteiger partial charge in [-0.05, 0) is 30.5 Å². The van der Waals surface area contributed by atoms with Gasteiger partial charge in [-0.2, -0.15) is 0 Å². The Morgan fingerprint density at radius 3 is 2.42 bits per heavy atom. The molecule has 1 atom stereocenters. The molecular formula is C23H31N3O7. The van der Waals surface area contributed by atoms with E-state index in [0.29, 0.717) is 29.9 Å². The lowest BCUT2D eigenvalue weighted by atomic mass is 9.82. The van der Waals surface area contributed by atoms with Crippen LogP contribution in [0.5, 0.6) is 11.5 Å². The summed E-state index contributed by atoms with van der Waals surface area (Å²) >= 11 is 0. The third-order valence-electron chi connectivity index (χ3n) is 6.26. The van der Waals surface area contributed by atoms with E-state index in [1.54, 1.807) is 18.2 Å². The lowest BCUT2D eigenvalue weighted by Gasteiger charge is -2.30. The van der Waals surface area contributed by atoms with Crippen molar-refractivity contribution in [1.82, 2.24) is 15.5 Å². The van der Waals surface area contributed by atoms with Gasteiger partial charge in [0, 0.05) is 13.0 Å². The van der Waals surface area contributed by atoms with Crippen molar-refractivity contribution in [2.75, 3.05) is 27.9 Å². The van der Waals surface area contributed by atoms with Crippen LogP contribution in [0.25, 0.3) is 0 Å². The lowest BCUT2D eigenvalue weighted by molar-refractivity contribution is -0.141. The summed E-state index contributed by atoms with van der Waals surface area (Å²) in [7, 11) is 4.28. The van der Waals surface area contributed by atoms with Crippen LogP contribution in [0.2, 0.25) is 0 Å². The van der Waals surface area contributed by atoms with Crippen molar-refractivity contribution in [3.63, 3.8) is 0 Å². The van der Waals surface area contributed by atoms with E-state index in [-0.39, 0.29) is 25.3 Å². The number of hydrogen-bond donors (Lipinski definition) is 2. The van der Waals surface area contributed by atoms with Crippen molar-refractivity contribution in [3.05, 3.63) is 23.8 Å². The molecule has 1 heterocycles. The SMILES string of the molecule is COC(=O)CC(NC(=O)CCN1C(=O)NC2(CCCCC2)C1=O)c1ccc(OC)c(OC)c1. The second kappa shape index (κ2) is 10.5. The smallest absolute Gasteiger partial charge is 0.325 e. The second-order valence-electron chi connectivity index (χ2n) is 8.29. The average molecular weight is 462 g/mol. The molecular weight excluding hydrogens is 430 g/mol. The normalized spacial score (nSPS) is 18.0. The van der Waals surface area contributed by atoms with Crippen LogP contribution in [0.4, 0.5) is 4.79 Å². The topological polar surface area (TPSA) is 123 Å². The molecule has 33 heavy (non-hydrogen) atoms. The van der Waals surface area contributed by atoms with Gasteiger partial charge in [-0.1, -0.05) is 25.3 Å². The Morgan fingerprint density at radius 1 is 1.09 bits per heavy atom. The number of nitrogens with one attached hydrogen (secondary N) is 2. The lowest BCUT2D eigenvalue weighted by Crippen LogP contribution is -2.48. The Kier molecular flexibility index (Phi) is 7.78. The third-order valence-corrected chi connectivity index (χ3v) is 6.26. The van der Waals surface area contributed by atoms with Crippen molar-refractivity contribution in [2.45, 2.75) is 56.5 Å². The van der Waals surface area contributed by atoms with Crippen LogP contribution < -0.4 is 20.1 Å². The van der Waals surface area contributed by atoms with Gasteiger partial charge in [-0.25, -0.2) is 4.79 Å². The summed E-state index contributed by atoms with van der Waals surface area (Å²) in [5.74, 6) is -0.186. The van der Waals surface area contributed by atoms with Gasteiger partial charge in [0.05, 0.1) is 33.8 Å². The molecule has 1 aromatic carbocycles. The molecule has 1 aromatic rings. The summed E-state index contributed by atoms with van der Waals surface area (Å²) in [4.78, 5) is 51.1. The minimum atomic E-state index is -0.821. The van der Waals surface area contributed by atoms with Gasteiger partial charge < -0.3 is 24.8 Å². The molecule has 1 unspecified atom stereocenters. The molecule has 2 N–H and O–H groups in total. The molecule has 180 valence electrons. The first kappa shape index (κ1) is 24.3. The Labute approximate surface area is 192 Å². The van der Waals surface area contributed by atoms with Gasteiger partial charge in [-0.15, -0.1) is 0 Å². The zero-order valence-corrected chi connectivity index (χ0v) is 19.3. The van der Waals surface area contributed by atoms with E-state index in [4.69, 9.17) is 14.2 Å². The molecule has 1 aliphatic carbocycles. The zero-order chi connectivity index (χ0) is 24.0. The highest BCUT2D eigenvalue weighted by atomic mass is 16.5. The van der Waals surface area contributed by atoms with E-state index in [1.165, 1.54) is 21.3 Å². The van der Waals surface area contributed by atoms with Crippen molar-refractivity contribution in [1.29, 1.82) is 0 Å². The van der Waals surface area contributed by atoms with Gasteiger partial charge >= 0.3 is 12.0 Å². The van der Waals surface area contributed by atoms with Crippen LogP contribution in [0.3, 0.4) is 0 Å². The first-order chi connectivity index (χ1) is 15.8. The molecule has 1 saturated carbocycles. The molecule has 2 fully saturated rings. The minimum absolute atomic E-state index is 0.0326. The van der Waals surface area contributed by atoms with E-state index in [0.717, 1.165) is 24.2 Å². The Bertz CT molecular complexity index is 911. The van der Waals surface area contributed by atoms with Crippen LogP contribution in [0.1, 0.15) is 56.6 Å². The van der Waals surface area contributed by atoms with Crippen LogP contribution >= 0.6 is 0 Å². The van der Waals surface area contributed by atoms with Gasteiger partial charge in [-0.3, -0.25) is 19.3 Å². The number of amides is 4. The number of esters is 1. The quantitative estimate of drug-likeness (QED) is 0.426. The number of rotatable bonds is 9. The molecule has 2 aliphatic rings. The van der Waals surface area contributed by atoms with Crippen molar-refractivity contribution in [2.24, 2.45) is 0 Å². The molecule has 0 radical (unpaired) electrons. The number of carbonyl (C=O) groups is 4. The van der Waals surface area contributed by atoms with Crippen molar-refractivity contribution >= 4 is 23.8 Å². The highest BCUT2D eigenvalue weighted by Crippen LogP contribution is 2.34. The van der Waals surface area contributed by atoms with Gasteiger partial charge in [0.15, 0.2) is 11.5 Å². The number of carbonyl (C=O) groups excluding carboxylic acids is 4. The maximum absolute atomic E-state index is 12.9. The predicted octanol–water partition coefficient (Wildman–Crippen LogP) is 2.07. The molecule has 0 bridgehead atoms. The van der Waals surface area contributed by atoms with Crippen LogP contribution in [-0.2, 0) is 19.1 Å². The Balaban J connectivity index is 1.67. The average Bonchev–Trinajstić information content (AvgIpc) is 3.05. The van der Waals surface area contributed by atoms with E-state index in [9.17, 15) is 19.2 Å². The third kappa shape index (κ3) is 5.37. The standard InChI is InChI=1S/C23H31N3O7/c1-31-17-8-7-15(13-18(17)32-2)16(14-20(28)33-3)24-19(27)9-12-26-21(29)23(25-22(26)30)10-5-4-6-11-23/h7-8,13,16H,4-6,9-12,14H2,1-3H3,(H,24,27)(H,25,30). The van der Waals surface area contributed by atoms with Crippen LogP contribution in [0.15, 0.2) is 18.2 Å². The first-order valence-corrected chi connectivity index (χ1v) is 11.1. The maximum Gasteiger partial charge on any atom is 0.325 e. The highest BCUT2D eigenvalue weighted by Gasteiger charge is 2.51. The fourth-order valence-corrected chi connectivity index (χ4v) is 4.43. The van der Waals surface area contributed by atoms with Crippen LogP contribution in [0, 0.1) is 0 Å². The van der Waals surface area contributed by atoms with Gasteiger partial charge in [0.25, 0.3) is 5.91 Å². The molecule has 4 amide bonds. The first-order valence-electron chi connectivity index (χ1n) is 11.1. The number of benzene rings is 1. The Hall–Kier alpha value is -3.30. The summed E-state index contributed by atoms with van der Waals surface area (Å²) in [6.45, 7) is -0.0326. The zero-order valence-electron chi connectivity index (χ0n) is 19.3. The monoisotopic (exact) mass is 461 g/mol. The molecule has 3 rings (SSSR count). The number of hydrogen-bond acceptors (Lipinski definition) is 7. The van der Waals surface area contributed by atoms with E-state index < -0.39 is 29.5 Å². The van der Waals surface area contributed by atoms with Crippen LogP contribution in [-0.4, -0.2) is 62.1 Å². The Morgan fingerprint density at radius 2 is 1.79 bits per heavy atom. The molecule has 10 heteroatoms. The number of methoxy groups -OCH3 is 3. The summed E-state index contributed by atoms with van der Waals surface area (Å²) in [6, 6.07) is 3.94. The fourth-order valence-electron chi connectivity index (χ4n) is 4.43. The second-order valence-corrected chi connectivity index (χ2v) is 8.29. The molecule has 0 aromatic heterocycles. The predicted molar refractivity (Wildman–Crippen MR) is 118 cm³/mol. The largest absolute Gasteiger partial charge is 0.493 e. The summed E-state index contributed by atoms with van der Waals surface area (Å²) in [6.07, 6.45) is 3.90. The number of urea groups is 1. The highest BCUT2D eigenvalue weighted by molar-refractivity contribution is 6.07. The fraction of sp³-hybridized carbons (Fsp3) is 0.565. The molecule has 1 saturated heterocycles. The van der Waals surface area contributed by atoms with E-state index in [1.807, 2.05) is 0 Å². The molecule has 10 nitrogen and oxygen atoms in total. The molecule has 1 spiro atoms. The summed E-state index contributed by atoms with van der Waals surface area (Å²) < 4.78 is 15.3. The maximum atomic E-state index is 12.9. The minimum Gasteiger partial charge on any atom is -0.493 e. The number of imide groups is 1. The molecule has 1 aliphatic heterocycles. The van der Waals surface area contributed by atoms with Crippen molar-refractivity contribution < 1.29 is 33.4 Å². The number of nitrogens with zero attached hydrogens (tertiary/aromatic N) is 1. The van der Waals surface area contributed by atoms with E-state index in [2.05, 4.69) is 10.6 Å². The van der Waals surface area contributed by atoms with Crippen molar-refractivity contribution in [3.8, 4) is 11.5 Å². The number of ether oxygens (including phenoxy) is 3. The van der Waals surface area contributed by atoms with E-state index >= 15 is 0 Å². The van der Waals surface area contributed by atoms with Gasteiger partial charge in [0.2, 0.25) is 5.91 Å². The van der Waals surface area contributed by atoms with Gasteiger partial charge in [0.1, 0.15) is 5.54 Å². The summed E-state index contributed by atoms with van der Waals surface area (Å²) in [5, 5.41) is 5.64.